The van der Waals surface area contributed by atoms with E-state index in [2.05, 4.69) is 20.6 Å². The number of nitrogens with zero attached hydrogens (tertiary/aromatic N) is 3. The molecule has 0 atom stereocenters. The third-order valence-electron chi connectivity index (χ3n) is 2.57. The molecule has 18 heavy (non-hydrogen) atoms. The van der Waals surface area contributed by atoms with Gasteiger partial charge in [-0.25, -0.2) is 0 Å². The lowest BCUT2D eigenvalue weighted by Crippen LogP contribution is -2.13. The van der Waals surface area contributed by atoms with Gasteiger partial charge in [0.25, 0.3) is 0 Å². The molecule has 0 spiro atoms. The Kier molecular flexibility index (Phi) is 2.30. The number of tetrazole rings is 1. The first kappa shape index (κ1) is 10.5. The zero-order valence-electron chi connectivity index (χ0n) is 9.25. The first-order valence-electron chi connectivity index (χ1n) is 5.28. The van der Waals surface area contributed by atoms with E-state index in [0.717, 1.165) is 5.39 Å². The van der Waals surface area contributed by atoms with Crippen LogP contribution in [-0.2, 0) is 11.2 Å². The van der Waals surface area contributed by atoms with Gasteiger partial charge >= 0.3 is 0 Å². The quantitative estimate of drug-likeness (QED) is 0.701. The second-order valence-corrected chi connectivity index (χ2v) is 3.77. The summed E-state index contributed by atoms with van der Waals surface area (Å²) in [5, 5.41) is 14.5. The van der Waals surface area contributed by atoms with Gasteiger partial charge in [-0.15, -0.1) is 10.2 Å². The molecule has 7 heteroatoms. The number of nitrogens with two attached hydrogens (primary N) is 1. The topological polar surface area (TPSA) is 111 Å². The van der Waals surface area contributed by atoms with Crippen molar-refractivity contribution in [3.63, 3.8) is 0 Å². The second-order valence-electron chi connectivity index (χ2n) is 3.77. The molecule has 0 saturated heterocycles. The number of aromatic nitrogens is 4. The van der Waals surface area contributed by atoms with Gasteiger partial charge in [0, 0.05) is 5.39 Å². The largest absolute Gasteiger partial charge is 0.460 e. The maximum atomic E-state index is 11.1. The molecular formula is C11H9N5O2. The maximum absolute atomic E-state index is 11.1. The zero-order valence-corrected chi connectivity index (χ0v) is 9.25. The number of aromatic amines is 1. The fourth-order valence-electron chi connectivity index (χ4n) is 1.89. The molecule has 0 radical (unpaired) electrons. The number of amides is 1. The number of nitrogens with one attached hydrogen (secondary N) is 1. The van der Waals surface area contributed by atoms with Gasteiger partial charge < -0.3 is 10.2 Å². The Morgan fingerprint density at radius 3 is 2.94 bits per heavy atom. The molecule has 1 aromatic carbocycles. The van der Waals surface area contributed by atoms with Gasteiger partial charge in [-0.3, -0.25) is 4.79 Å². The molecule has 0 unspecified atom stereocenters. The Morgan fingerprint density at radius 1 is 1.39 bits per heavy atom. The Bertz CT molecular complexity index is 701. The minimum absolute atomic E-state index is 0.00144. The summed E-state index contributed by atoms with van der Waals surface area (Å²) < 4.78 is 5.61. The molecule has 0 aliphatic heterocycles. The van der Waals surface area contributed by atoms with Crippen LogP contribution in [0.15, 0.2) is 28.7 Å². The fourth-order valence-corrected chi connectivity index (χ4v) is 1.89. The van der Waals surface area contributed by atoms with Crippen LogP contribution in [0.5, 0.6) is 0 Å². The smallest absolute Gasteiger partial charge is 0.225 e. The summed E-state index contributed by atoms with van der Waals surface area (Å²) in [5.41, 5.74) is 6.52. The molecular weight excluding hydrogens is 234 g/mol. The van der Waals surface area contributed by atoms with E-state index in [0.29, 0.717) is 22.7 Å². The number of primary amides is 1. The lowest BCUT2D eigenvalue weighted by atomic mass is 10.1. The molecule has 0 fully saturated rings. The molecule has 2 heterocycles. The average molecular weight is 243 g/mol. The van der Waals surface area contributed by atoms with Gasteiger partial charge in [0.2, 0.25) is 11.7 Å². The van der Waals surface area contributed by atoms with Crippen molar-refractivity contribution in [2.75, 3.05) is 0 Å². The number of fused-ring (bicyclic) bond motifs is 1. The molecule has 3 N–H and O–H groups in total. The van der Waals surface area contributed by atoms with Gasteiger partial charge in [-0.05, 0) is 11.3 Å². The molecule has 3 rings (SSSR count). The van der Waals surface area contributed by atoms with Crippen molar-refractivity contribution in [3.05, 3.63) is 30.0 Å². The van der Waals surface area contributed by atoms with E-state index >= 15 is 0 Å². The monoisotopic (exact) mass is 243 g/mol. The third kappa shape index (κ3) is 1.61. The summed E-state index contributed by atoms with van der Waals surface area (Å²) in [6.45, 7) is 0. The van der Waals surface area contributed by atoms with E-state index in [-0.39, 0.29) is 6.42 Å². The van der Waals surface area contributed by atoms with Crippen molar-refractivity contribution in [2.24, 2.45) is 5.73 Å². The van der Waals surface area contributed by atoms with Crippen LogP contribution in [0.1, 0.15) is 5.76 Å². The van der Waals surface area contributed by atoms with Crippen LogP contribution in [-0.4, -0.2) is 26.5 Å². The van der Waals surface area contributed by atoms with E-state index in [1.165, 1.54) is 0 Å². The minimum atomic E-state index is -0.473. The van der Waals surface area contributed by atoms with E-state index in [1.807, 2.05) is 24.3 Å². The first-order valence-corrected chi connectivity index (χ1v) is 5.28. The number of para-hydroxylation sites is 1. The summed E-state index contributed by atoms with van der Waals surface area (Å²) in [5.74, 6) is 0.361. The van der Waals surface area contributed by atoms with Gasteiger partial charge in [-0.2, -0.15) is 5.21 Å². The molecule has 7 nitrogen and oxygen atoms in total. The van der Waals surface area contributed by atoms with Crippen LogP contribution in [0, 0.1) is 0 Å². The predicted molar refractivity (Wildman–Crippen MR) is 62.3 cm³/mol. The summed E-state index contributed by atoms with van der Waals surface area (Å²) in [6, 6.07) is 7.40. The van der Waals surface area contributed by atoms with E-state index in [1.54, 1.807) is 0 Å². The standard InChI is InChI=1S/C11H9N5O2/c12-9(17)5-8-10(11-13-15-16-14-11)6-3-1-2-4-7(6)18-8/h1-4H,5H2,(H2,12,17)(H,13,14,15,16). The number of hydrogen-bond donors (Lipinski definition) is 2. The molecule has 0 saturated carbocycles. The molecule has 2 aromatic heterocycles. The van der Waals surface area contributed by atoms with Crippen molar-refractivity contribution >= 4 is 16.9 Å². The number of H-pyrrole nitrogens is 1. The van der Waals surface area contributed by atoms with E-state index < -0.39 is 5.91 Å². The van der Waals surface area contributed by atoms with E-state index in [4.69, 9.17) is 10.2 Å². The minimum Gasteiger partial charge on any atom is -0.460 e. The highest BCUT2D eigenvalue weighted by atomic mass is 16.3. The summed E-state index contributed by atoms with van der Waals surface area (Å²) in [6.07, 6.45) is -0.00144. The second kappa shape index (κ2) is 3.95. The van der Waals surface area contributed by atoms with Crippen molar-refractivity contribution in [3.8, 4) is 11.4 Å². The Hall–Kier alpha value is -2.70. The molecule has 3 aromatic rings. The molecule has 0 bridgehead atoms. The first-order chi connectivity index (χ1) is 8.75. The molecule has 0 aliphatic rings. The van der Waals surface area contributed by atoms with Crippen molar-refractivity contribution in [1.29, 1.82) is 0 Å². The van der Waals surface area contributed by atoms with E-state index in [9.17, 15) is 4.79 Å². The average Bonchev–Trinajstić information content (AvgIpc) is 2.93. The molecule has 90 valence electrons. The number of benzene rings is 1. The summed E-state index contributed by atoms with van der Waals surface area (Å²) in [7, 11) is 0. The highest BCUT2D eigenvalue weighted by molar-refractivity contribution is 5.95. The van der Waals surface area contributed by atoms with Gasteiger partial charge in [0.15, 0.2) is 0 Å². The number of furan rings is 1. The van der Waals surface area contributed by atoms with Gasteiger partial charge in [0.1, 0.15) is 11.3 Å². The van der Waals surface area contributed by atoms with Crippen LogP contribution >= 0.6 is 0 Å². The number of carbonyl (C=O) groups excluding carboxylic acids is 1. The number of hydrogen-bond acceptors (Lipinski definition) is 5. The SMILES string of the molecule is NC(=O)Cc1oc2ccccc2c1-c1nn[nH]n1. The van der Waals surface area contributed by atoms with Crippen molar-refractivity contribution < 1.29 is 9.21 Å². The third-order valence-corrected chi connectivity index (χ3v) is 2.57. The Labute approximate surface area is 101 Å². The zero-order chi connectivity index (χ0) is 12.5. The number of carbonyl (C=O) groups is 1. The normalized spacial score (nSPS) is 10.9. The molecule has 1 amide bonds. The van der Waals surface area contributed by atoms with Crippen LogP contribution in [0.25, 0.3) is 22.4 Å². The Balaban J connectivity index is 2.27. The van der Waals surface area contributed by atoms with Crippen LogP contribution < -0.4 is 5.73 Å². The van der Waals surface area contributed by atoms with Crippen molar-refractivity contribution in [1.82, 2.24) is 20.6 Å². The number of rotatable bonds is 3. The highest BCUT2D eigenvalue weighted by Gasteiger charge is 2.20. The molecule has 0 aliphatic carbocycles. The lowest BCUT2D eigenvalue weighted by molar-refractivity contribution is -0.117. The van der Waals surface area contributed by atoms with Crippen LogP contribution in [0.4, 0.5) is 0 Å². The van der Waals surface area contributed by atoms with Crippen molar-refractivity contribution in [2.45, 2.75) is 6.42 Å². The van der Waals surface area contributed by atoms with Crippen LogP contribution in [0.3, 0.4) is 0 Å². The maximum Gasteiger partial charge on any atom is 0.225 e. The predicted octanol–water partition coefficient (Wildman–Crippen LogP) is 0.641. The van der Waals surface area contributed by atoms with Gasteiger partial charge in [0.05, 0.1) is 12.0 Å². The fraction of sp³-hybridized carbons (Fsp3) is 0.0909. The Morgan fingerprint density at radius 2 is 2.22 bits per heavy atom. The summed E-state index contributed by atoms with van der Waals surface area (Å²) in [4.78, 5) is 11.1. The highest BCUT2D eigenvalue weighted by Crippen LogP contribution is 2.32. The lowest BCUT2D eigenvalue weighted by Gasteiger charge is -1.95. The summed E-state index contributed by atoms with van der Waals surface area (Å²) >= 11 is 0. The van der Waals surface area contributed by atoms with Gasteiger partial charge in [-0.1, -0.05) is 18.2 Å². The van der Waals surface area contributed by atoms with Crippen LogP contribution in [0.2, 0.25) is 0 Å².